The molecule has 14 heteroatoms. The Morgan fingerprint density at radius 2 is 1.81 bits per heavy atom. The van der Waals surface area contributed by atoms with Crippen LogP contribution in [0.5, 0.6) is 5.75 Å². The average Bonchev–Trinajstić information content (AvgIpc) is 3.24. The Balaban J connectivity index is 1.25. The largest absolute Gasteiger partial charge is 0.489 e. The highest BCUT2D eigenvalue weighted by molar-refractivity contribution is 7.10. The van der Waals surface area contributed by atoms with Crippen molar-refractivity contribution in [2.75, 3.05) is 29.9 Å². The van der Waals surface area contributed by atoms with Gasteiger partial charge < -0.3 is 15.0 Å². The number of aromatic nitrogens is 4. The van der Waals surface area contributed by atoms with Gasteiger partial charge in [-0.25, -0.2) is 4.52 Å². The summed E-state index contributed by atoms with van der Waals surface area (Å²) >= 11 is 1.45. The molecule has 3 aromatic rings. The van der Waals surface area contributed by atoms with E-state index in [0.29, 0.717) is 4.52 Å². The van der Waals surface area contributed by atoms with E-state index in [1.807, 2.05) is 13.0 Å². The van der Waals surface area contributed by atoms with E-state index in [1.165, 1.54) is 11.5 Å². The van der Waals surface area contributed by atoms with Crippen LogP contribution in [-0.4, -0.2) is 50.9 Å². The molecular weight excluding hydrogens is 522 g/mol. The van der Waals surface area contributed by atoms with Crippen molar-refractivity contribution in [3.8, 4) is 5.75 Å². The molecule has 200 valence electrons. The number of fused-ring (bicyclic) bond motifs is 3. The molecule has 2 unspecified atom stereocenters. The molecule has 37 heavy (non-hydrogen) atoms. The molecule has 2 saturated carbocycles. The maximum atomic E-state index is 13.7. The molecule has 0 radical (unpaired) electrons. The second-order valence-corrected chi connectivity index (χ2v) is 11.1. The number of halogens is 6. The highest BCUT2D eigenvalue weighted by Crippen LogP contribution is 2.57. The van der Waals surface area contributed by atoms with Crippen LogP contribution < -0.4 is 15.0 Å². The van der Waals surface area contributed by atoms with Crippen LogP contribution in [0.3, 0.4) is 0 Å². The van der Waals surface area contributed by atoms with Gasteiger partial charge in [0.2, 0.25) is 5.95 Å². The number of aryl methyl sites for hydroxylation is 1. The zero-order valence-electron chi connectivity index (χ0n) is 19.7. The molecule has 0 amide bonds. The molecule has 1 aliphatic heterocycles. The van der Waals surface area contributed by atoms with E-state index < -0.39 is 30.1 Å². The van der Waals surface area contributed by atoms with Gasteiger partial charge in [0.15, 0.2) is 11.4 Å². The van der Waals surface area contributed by atoms with Gasteiger partial charge in [0.05, 0.1) is 5.69 Å². The second kappa shape index (κ2) is 8.37. The lowest BCUT2D eigenvalue weighted by Gasteiger charge is -2.38. The van der Waals surface area contributed by atoms with Crippen LogP contribution in [0.4, 0.5) is 37.3 Å². The summed E-state index contributed by atoms with van der Waals surface area (Å²) < 4.78 is 91.5. The van der Waals surface area contributed by atoms with Crippen LogP contribution in [0.2, 0.25) is 0 Å². The normalized spacial score (nSPS) is 25.1. The minimum absolute atomic E-state index is 0.00231. The number of anilines is 2. The van der Waals surface area contributed by atoms with E-state index in [9.17, 15) is 26.3 Å². The summed E-state index contributed by atoms with van der Waals surface area (Å²) in [6, 6.07) is 3.79. The van der Waals surface area contributed by atoms with Gasteiger partial charge in [-0.05, 0) is 74.2 Å². The quantitative estimate of drug-likeness (QED) is 0.409. The smallest absolute Gasteiger partial charge is 0.433 e. The van der Waals surface area contributed by atoms with Crippen LogP contribution in [-0.2, 0) is 6.18 Å². The molecule has 3 fully saturated rings. The van der Waals surface area contributed by atoms with Crippen LogP contribution >= 0.6 is 11.5 Å². The SMILES string of the molecule is Cc1cc(N2CC3CC[C@H](C2)C3Nc2nc3c(OCC4(C(F)(F)F)CC4)ccc(C(F)(F)F)n3n2)sn1. The first-order chi connectivity index (χ1) is 17.4. The molecule has 1 saturated heterocycles. The summed E-state index contributed by atoms with van der Waals surface area (Å²) in [6.45, 7) is 2.83. The van der Waals surface area contributed by atoms with E-state index in [-0.39, 0.29) is 48.1 Å². The van der Waals surface area contributed by atoms with E-state index >= 15 is 0 Å². The van der Waals surface area contributed by atoms with E-state index in [1.54, 1.807) is 0 Å². The number of hydrogen-bond acceptors (Lipinski definition) is 7. The average molecular weight is 547 g/mol. The molecular formula is C23H24F6N6OS. The number of nitrogens with zero attached hydrogens (tertiary/aromatic N) is 5. The molecule has 2 aliphatic carbocycles. The molecule has 6 rings (SSSR count). The maximum absolute atomic E-state index is 13.7. The lowest BCUT2D eigenvalue weighted by molar-refractivity contribution is -0.194. The number of hydrogen-bond donors (Lipinski definition) is 1. The molecule has 0 spiro atoms. The van der Waals surface area contributed by atoms with Gasteiger partial charge in [-0.2, -0.15) is 35.7 Å². The van der Waals surface area contributed by atoms with Gasteiger partial charge in [0.1, 0.15) is 22.7 Å². The molecule has 7 nitrogen and oxygen atoms in total. The molecule has 1 N–H and O–H groups in total. The maximum Gasteiger partial charge on any atom is 0.433 e. The minimum Gasteiger partial charge on any atom is -0.489 e. The predicted octanol–water partition coefficient (Wildman–Crippen LogP) is 5.56. The monoisotopic (exact) mass is 546 g/mol. The molecule has 3 aliphatic rings. The summed E-state index contributed by atoms with van der Waals surface area (Å²) in [5, 5.41) is 8.41. The summed E-state index contributed by atoms with van der Waals surface area (Å²) in [5.41, 5.74) is -2.34. The van der Waals surface area contributed by atoms with Gasteiger partial charge >= 0.3 is 12.4 Å². The number of nitrogens with one attached hydrogen (secondary N) is 1. The first-order valence-electron chi connectivity index (χ1n) is 12.0. The van der Waals surface area contributed by atoms with Crippen molar-refractivity contribution in [3.63, 3.8) is 0 Å². The summed E-state index contributed by atoms with van der Waals surface area (Å²) in [5.74, 6) is 0.323. The Kier molecular flexibility index (Phi) is 5.55. The Morgan fingerprint density at radius 1 is 1.11 bits per heavy atom. The van der Waals surface area contributed by atoms with E-state index in [4.69, 9.17) is 4.74 Å². The second-order valence-electron chi connectivity index (χ2n) is 10.3. The molecule has 4 heterocycles. The van der Waals surface area contributed by atoms with Crippen LogP contribution in [0, 0.1) is 24.2 Å². The number of piperidine rings is 1. The molecule has 0 aromatic carbocycles. The number of pyridine rings is 1. The van der Waals surface area contributed by atoms with E-state index in [0.717, 1.165) is 48.8 Å². The standard InChI is InChI=1S/C23H24F6N6OS/c1-12-8-17(37-33-12)34-9-13-2-3-14(10-34)18(13)30-20-31-19-15(36-11-21(6-7-21)23(27,28)29)4-5-16(22(24,25)26)35(19)32-20/h4-5,8,13-14,18H,2-3,6-7,9-11H2,1H3,(H,30,32)/t13-,14?,18?/m1/s1. The zero-order valence-corrected chi connectivity index (χ0v) is 20.6. The van der Waals surface area contributed by atoms with Gasteiger partial charge in [-0.15, -0.1) is 5.10 Å². The minimum atomic E-state index is -4.73. The highest BCUT2D eigenvalue weighted by Gasteiger charge is 2.64. The van der Waals surface area contributed by atoms with E-state index in [2.05, 4.69) is 24.7 Å². The van der Waals surface area contributed by atoms with Crippen LogP contribution in [0.15, 0.2) is 18.2 Å². The fourth-order valence-electron chi connectivity index (χ4n) is 5.49. The van der Waals surface area contributed by atoms with Gasteiger partial charge in [-0.3, -0.25) is 0 Å². The third kappa shape index (κ3) is 4.36. The first-order valence-corrected chi connectivity index (χ1v) is 12.8. The van der Waals surface area contributed by atoms with Gasteiger partial charge in [0, 0.05) is 19.1 Å². The zero-order chi connectivity index (χ0) is 26.2. The molecule has 3 atom stereocenters. The van der Waals surface area contributed by atoms with Crippen molar-refractivity contribution in [3.05, 3.63) is 29.6 Å². The Labute approximate surface area is 212 Å². The van der Waals surface area contributed by atoms with Crippen molar-refractivity contribution in [1.29, 1.82) is 0 Å². The fourth-order valence-corrected chi connectivity index (χ4v) is 6.27. The molecule has 2 bridgehead atoms. The Hall–Kier alpha value is -2.77. The van der Waals surface area contributed by atoms with Crippen molar-refractivity contribution < 1.29 is 31.1 Å². The van der Waals surface area contributed by atoms with Crippen molar-refractivity contribution >= 4 is 28.1 Å². The van der Waals surface area contributed by atoms with Crippen LogP contribution in [0.1, 0.15) is 37.1 Å². The third-order valence-electron chi connectivity index (χ3n) is 7.75. The number of ether oxygens (including phenoxy) is 1. The Bertz CT molecular complexity index is 1300. The third-order valence-corrected chi connectivity index (χ3v) is 8.70. The lowest BCUT2D eigenvalue weighted by atomic mass is 9.92. The van der Waals surface area contributed by atoms with Gasteiger partial charge in [-0.1, -0.05) is 0 Å². The number of alkyl halides is 6. The topological polar surface area (TPSA) is 67.6 Å². The van der Waals surface area contributed by atoms with Crippen molar-refractivity contribution in [2.24, 2.45) is 17.3 Å². The number of rotatable bonds is 6. The summed E-state index contributed by atoms with van der Waals surface area (Å²) in [4.78, 5) is 6.55. The summed E-state index contributed by atoms with van der Waals surface area (Å²) in [6.07, 6.45) is -7.40. The highest BCUT2D eigenvalue weighted by atomic mass is 32.1. The van der Waals surface area contributed by atoms with Gasteiger partial charge in [0.25, 0.3) is 0 Å². The lowest BCUT2D eigenvalue weighted by Crippen LogP contribution is -2.48. The van der Waals surface area contributed by atoms with Crippen LogP contribution in [0.25, 0.3) is 5.65 Å². The van der Waals surface area contributed by atoms with Crippen molar-refractivity contribution in [1.82, 2.24) is 19.0 Å². The fraction of sp³-hybridized carbons (Fsp3) is 0.609. The predicted molar refractivity (Wildman–Crippen MR) is 124 cm³/mol. The molecule has 3 aromatic heterocycles. The van der Waals surface area contributed by atoms with Crippen molar-refractivity contribution in [2.45, 2.75) is 51.0 Å². The Morgan fingerprint density at radius 3 is 2.38 bits per heavy atom. The first kappa shape index (κ1) is 24.6. The summed E-state index contributed by atoms with van der Waals surface area (Å²) in [7, 11) is 0.